The monoisotopic (exact) mass is 570 g/mol. The Morgan fingerprint density at radius 2 is 1.86 bits per heavy atom. The third-order valence-corrected chi connectivity index (χ3v) is 8.54. The Morgan fingerprint density at radius 1 is 1.10 bits per heavy atom. The maximum Gasteiger partial charge on any atom is 0.233 e. The predicted molar refractivity (Wildman–Crippen MR) is 161 cm³/mol. The van der Waals surface area contributed by atoms with Crippen molar-refractivity contribution in [1.29, 1.82) is 0 Å². The molecule has 42 heavy (non-hydrogen) atoms. The van der Waals surface area contributed by atoms with Gasteiger partial charge in [-0.3, -0.25) is 19.5 Å². The molecule has 8 nitrogen and oxygen atoms in total. The minimum Gasteiger partial charge on any atom is -0.507 e. The highest BCUT2D eigenvalue weighted by molar-refractivity contribution is 6.06. The van der Waals surface area contributed by atoms with Crippen molar-refractivity contribution in [3.8, 4) is 5.75 Å². The zero-order chi connectivity index (χ0) is 29.8. The van der Waals surface area contributed by atoms with Gasteiger partial charge in [-0.1, -0.05) is 43.3 Å². The number of nitrogens with zero attached hydrogens (tertiary/aromatic N) is 2. The summed E-state index contributed by atoms with van der Waals surface area (Å²) < 4.78 is 5.46. The molecule has 4 atom stereocenters. The van der Waals surface area contributed by atoms with Gasteiger partial charge in [-0.05, 0) is 77.6 Å². The lowest BCUT2D eigenvalue weighted by atomic mass is 9.68. The molecule has 1 saturated heterocycles. The Bertz CT molecular complexity index is 1510. The quantitative estimate of drug-likeness (QED) is 0.228. The molecule has 0 radical (unpaired) electrons. The van der Waals surface area contributed by atoms with Crippen LogP contribution in [0.1, 0.15) is 43.9 Å². The van der Waals surface area contributed by atoms with Crippen LogP contribution < -0.4 is 0 Å². The van der Waals surface area contributed by atoms with E-state index in [1.165, 1.54) is 4.90 Å². The van der Waals surface area contributed by atoms with E-state index in [4.69, 9.17) is 4.74 Å². The molecule has 2 aliphatic rings. The molecule has 2 amide bonds. The van der Waals surface area contributed by atoms with E-state index < -0.39 is 23.9 Å². The minimum absolute atomic E-state index is 0.200. The number of hydrogen-bond acceptors (Lipinski definition) is 7. The van der Waals surface area contributed by atoms with Crippen LogP contribution in [-0.2, 0) is 14.3 Å². The van der Waals surface area contributed by atoms with Gasteiger partial charge in [0.25, 0.3) is 0 Å². The first-order valence-electron chi connectivity index (χ1n) is 14.6. The highest BCUT2D eigenvalue weighted by atomic mass is 16.5. The van der Waals surface area contributed by atoms with Gasteiger partial charge in [0.15, 0.2) is 0 Å². The Hall–Kier alpha value is -3.85. The molecule has 1 aliphatic carbocycles. The van der Waals surface area contributed by atoms with Crippen molar-refractivity contribution >= 4 is 34.2 Å². The molecule has 0 bridgehead atoms. The number of fused-ring (bicyclic) bond motifs is 2. The van der Waals surface area contributed by atoms with E-state index in [0.29, 0.717) is 37.8 Å². The van der Waals surface area contributed by atoms with E-state index in [9.17, 15) is 24.9 Å². The SMILES string of the molecule is CCCN1C(=O)[C@@H]2[C@@H](CC(COC)=C([C@H](O)CC/C(=C/c3ccc(O)c4ccccc34)c3ccccn3)[C@@H]2CO)C1=O. The summed E-state index contributed by atoms with van der Waals surface area (Å²) in [6, 6.07) is 16.9. The van der Waals surface area contributed by atoms with Crippen LogP contribution in [0.2, 0.25) is 0 Å². The average molecular weight is 571 g/mol. The second-order valence-corrected chi connectivity index (χ2v) is 11.1. The summed E-state index contributed by atoms with van der Waals surface area (Å²) in [7, 11) is 1.56. The van der Waals surface area contributed by atoms with E-state index in [1.807, 2.05) is 61.5 Å². The number of pyridine rings is 1. The summed E-state index contributed by atoms with van der Waals surface area (Å²) in [5.74, 6) is -2.15. The van der Waals surface area contributed by atoms with Crippen molar-refractivity contribution in [3.63, 3.8) is 0 Å². The Morgan fingerprint density at radius 3 is 2.55 bits per heavy atom. The summed E-state index contributed by atoms with van der Waals surface area (Å²) in [4.78, 5) is 32.4. The number of allylic oxidation sites excluding steroid dienone is 1. The van der Waals surface area contributed by atoms with Crippen molar-refractivity contribution in [2.45, 2.75) is 38.7 Å². The summed E-state index contributed by atoms with van der Waals surface area (Å²) in [6.07, 6.45) is 4.56. The number of aliphatic hydroxyl groups excluding tert-OH is 2. The summed E-state index contributed by atoms with van der Waals surface area (Å²) in [6.45, 7) is 2.14. The number of hydrogen-bond donors (Lipinski definition) is 3. The van der Waals surface area contributed by atoms with Gasteiger partial charge in [0.2, 0.25) is 11.8 Å². The molecule has 220 valence electrons. The van der Waals surface area contributed by atoms with Crippen molar-refractivity contribution in [2.75, 3.05) is 26.9 Å². The Kier molecular flexibility index (Phi) is 9.16. The second kappa shape index (κ2) is 13.0. The average Bonchev–Trinajstić information content (AvgIpc) is 3.24. The number of phenols is 1. The Balaban J connectivity index is 1.48. The molecule has 0 unspecified atom stereocenters. The second-order valence-electron chi connectivity index (χ2n) is 11.1. The largest absolute Gasteiger partial charge is 0.507 e. The molecule has 1 aromatic heterocycles. The van der Waals surface area contributed by atoms with Crippen LogP contribution in [0.25, 0.3) is 22.4 Å². The first kappa shape index (κ1) is 29.6. The van der Waals surface area contributed by atoms with Crippen LogP contribution in [0.15, 0.2) is 71.9 Å². The fourth-order valence-electron chi connectivity index (χ4n) is 6.67. The topological polar surface area (TPSA) is 120 Å². The molecule has 5 rings (SSSR count). The van der Waals surface area contributed by atoms with Crippen molar-refractivity contribution < 1.29 is 29.6 Å². The van der Waals surface area contributed by atoms with Crippen molar-refractivity contribution in [3.05, 3.63) is 83.2 Å². The van der Waals surface area contributed by atoms with E-state index in [0.717, 1.165) is 33.2 Å². The molecule has 8 heteroatoms. The number of aliphatic hydroxyl groups is 2. The molecule has 1 aliphatic heterocycles. The zero-order valence-electron chi connectivity index (χ0n) is 24.1. The standard InChI is InChI=1S/C34H38N2O6/c1-3-16-36-33(40)26-18-23(20-42-2)31(27(19-37)32(26)34(36)41)30(39)14-12-22(28-10-6-7-15-35-28)17-21-11-13-29(38)25-9-5-4-8-24(21)25/h4-11,13,15,17,26-27,30,32,37-39H,3,12,14,16,18-20H2,1-2H3/b22-17-/t26-,27+,30-,32-/m1/s1. The van der Waals surface area contributed by atoms with Crippen LogP contribution in [0.4, 0.5) is 0 Å². The molecule has 0 spiro atoms. The van der Waals surface area contributed by atoms with Crippen LogP contribution in [0, 0.1) is 17.8 Å². The van der Waals surface area contributed by atoms with Gasteiger partial charge in [-0.15, -0.1) is 0 Å². The van der Waals surface area contributed by atoms with Crippen LogP contribution in [0.3, 0.4) is 0 Å². The number of imide groups is 1. The minimum atomic E-state index is -0.958. The predicted octanol–water partition coefficient (Wildman–Crippen LogP) is 4.59. The lowest BCUT2D eigenvalue weighted by molar-refractivity contribution is -0.140. The first-order valence-corrected chi connectivity index (χ1v) is 14.6. The van der Waals surface area contributed by atoms with E-state index in [-0.39, 0.29) is 30.8 Å². The number of rotatable bonds is 11. The van der Waals surface area contributed by atoms with Gasteiger partial charge in [0.05, 0.1) is 36.8 Å². The molecule has 3 N–H and O–H groups in total. The number of aromatic hydroxyl groups is 1. The molecule has 3 aromatic rings. The van der Waals surface area contributed by atoms with Crippen molar-refractivity contribution in [2.24, 2.45) is 17.8 Å². The number of aromatic nitrogens is 1. The van der Waals surface area contributed by atoms with Crippen LogP contribution in [-0.4, -0.2) is 70.0 Å². The van der Waals surface area contributed by atoms with E-state index in [1.54, 1.807) is 19.4 Å². The van der Waals surface area contributed by atoms with Gasteiger partial charge in [0, 0.05) is 31.2 Å². The first-order chi connectivity index (χ1) is 20.4. The Labute approximate surface area is 246 Å². The number of methoxy groups -OCH3 is 1. The third-order valence-electron chi connectivity index (χ3n) is 8.54. The highest BCUT2D eigenvalue weighted by Crippen LogP contribution is 2.46. The number of amides is 2. The maximum atomic E-state index is 13.4. The summed E-state index contributed by atoms with van der Waals surface area (Å²) in [5, 5.41) is 34.2. The van der Waals surface area contributed by atoms with Gasteiger partial charge in [0.1, 0.15) is 5.75 Å². The molecular weight excluding hydrogens is 532 g/mol. The van der Waals surface area contributed by atoms with Gasteiger partial charge < -0.3 is 20.1 Å². The maximum absolute atomic E-state index is 13.4. The number of ether oxygens (including phenoxy) is 1. The number of carbonyl (C=O) groups is 2. The highest BCUT2D eigenvalue weighted by Gasteiger charge is 2.54. The molecular formula is C34H38N2O6. The molecule has 0 saturated carbocycles. The van der Waals surface area contributed by atoms with Crippen molar-refractivity contribution in [1.82, 2.24) is 9.88 Å². The number of benzene rings is 2. The molecule has 1 fully saturated rings. The fourth-order valence-corrected chi connectivity index (χ4v) is 6.67. The molecule has 2 aromatic carbocycles. The van der Waals surface area contributed by atoms with Gasteiger partial charge in [-0.2, -0.15) is 0 Å². The number of phenolic OH excluding ortho intramolecular Hbond substituents is 1. The lowest BCUT2D eigenvalue weighted by Crippen LogP contribution is -2.39. The van der Waals surface area contributed by atoms with Crippen LogP contribution in [0.5, 0.6) is 5.75 Å². The smallest absolute Gasteiger partial charge is 0.233 e. The summed E-state index contributed by atoms with van der Waals surface area (Å²) >= 11 is 0. The summed E-state index contributed by atoms with van der Waals surface area (Å²) in [5.41, 5.74) is 3.96. The van der Waals surface area contributed by atoms with Gasteiger partial charge in [-0.25, -0.2) is 0 Å². The zero-order valence-corrected chi connectivity index (χ0v) is 24.1. The van der Waals surface area contributed by atoms with Crippen LogP contribution >= 0.6 is 0 Å². The number of carbonyl (C=O) groups excluding carboxylic acids is 2. The van der Waals surface area contributed by atoms with E-state index >= 15 is 0 Å². The normalized spacial score (nSPS) is 21.8. The number of likely N-dealkylation sites (tertiary alicyclic amines) is 1. The third kappa shape index (κ3) is 5.62. The van der Waals surface area contributed by atoms with Gasteiger partial charge >= 0.3 is 0 Å². The van der Waals surface area contributed by atoms with E-state index in [2.05, 4.69) is 4.98 Å². The fraction of sp³-hybridized carbons (Fsp3) is 0.382. The molecule has 2 heterocycles. The lowest BCUT2D eigenvalue weighted by Gasteiger charge is -2.36.